The number of amides is 1. The van der Waals surface area contributed by atoms with E-state index in [1.54, 1.807) is 30.3 Å². The summed E-state index contributed by atoms with van der Waals surface area (Å²) in [7, 11) is 1.50. The predicted molar refractivity (Wildman–Crippen MR) is 79.6 cm³/mol. The zero-order valence-electron chi connectivity index (χ0n) is 12.0. The number of nitrogens with zero attached hydrogens (tertiary/aromatic N) is 1. The number of rotatable bonds is 5. The minimum Gasteiger partial charge on any atom is -0.375 e. The predicted octanol–water partition coefficient (Wildman–Crippen LogP) is 2.81. The number of hydrogen-bond donors (Lipinski definition) is 1. The van der Waals surface area contributed by atoms with E-state index in [2.05, 4.69) is 5.32 Å². The van der Waals surface area contributed by atoms with Crippen molar-refractivity contribution in [1.82, 2.24) is 5.32 Å². The number of benzene rings is 2. The van der Waals surface area contributed by atoms with Crippen LogP contribution in [0.2, 0.25) is 0 Å². The van der Waals surface area contributed by atoms with Gasteiger partial charge in [-0.2, -0.15) is 5.26 Å². The Morgan fingerprint density at radius 1 is 1.32 bits per heavy atom. The van der Waals surface area contributed by atoms with E-state index >= 15 is 0 Å². The summed E-state index contributed by atoms with van der Waals surface area (Å²) in [6.45, 7) is 0.204. The van der Waals surface area contributed by atoms with Crippen LogP contribution in [0.1, 0.15) is 27.6 Å². The minimum absolute atomic E-state index is 0.204. The molecule has 0 heterocycles. The van der Waals surface area contributed by atoms with Crippen LogP contribution in [0.4, 0.5) is 4.39 Å². The summed E-state index contributed by atoms with van der Waals surface area (Å²) in [6, 6.07) is 14.4. The van der Waals surface area contributed by atoms with E-state index in [0.29, 0.717) is 16.7 Å². The maximum atomic E-state index is 13.2. The van der Waals surface area contributed by atoms with Crippen molar-refractivity contribution < 1.29 is 13.9 Å². The second-order valence-corrected chi connectivity index (χ2v) is 4.68. The fourth-order valence-electron chi connectivity index (χ4n) is 2.06. The second-order valence-electron chi connectivity index (χ2n) is 4.68. The highest BCUT2D eigenvalue weighted by molar-refractivity contribution is 5.94. The van der Waals surface area contributed by atoms with Gasteiger partial charge in [-0.1, -0.05) is 18.2 Å². The molecule has 112 valence electrons. The van der Waals surface area contributed by atoms with Crippen molar-refractivity contribution in [3.05, 3.63) is 71.0 Å². The van der Waals surface area contributed by atoms with E-state index < -0.39 is 6.10 Å². The first-order valence-corrected chi connectivity index (χ1v) is 6.70. The van der Waals surface area contributed by atoms with Gasteiger partial charge in [-0.3, -0.25) is 4.79 Å². The van der Waals surface area contributed by atoms with Crippen LogP contribution in [-0.4, -0.2) is 19.6 Å². The zero-order chi connectivity index (χ0) is 15.9. The van der Waals surface area contributed by atoms with Crippen LogP contribution in [0.5, 0.6) is 0 Å². The van der Waals surface area contributed by atoms with Crippen molar-refractivity contribution in [3.8, 4) is 6.07 Å². The van der Waals surface area contributed by atoms with Crippen molar-refractivity contribution >= 4 is 5.91 Å². The van der Waals surface area contributed by atoms with Gasteiger partial charge >= 0.3 is 0 Å². The topological polar surface area (TPSA) is 62.1 Å². The summed E-state index contributed by atoms with van der Waals surface area (Å²) in [5, 5.41) is 11.6. The number of ether oxygens (including phenoxy) is 1. The first-order chi connectivity index (χ1) is 10.6. The smallest absolute Gasteiger partial charge is 0.251 e. The van der Waals surface area contributed by atoms with Crippen molar-refractivity contribution in [2.24, 2.45) is 0 Å². The minimum atomic E-state index is -0.446. The highest BCUT2D eigenvalue weighted by Crippen LogP contribution is 2.17. The van der Waals surface area contributed by atoms with Gasteiger partial charge in [0, 0.05) is 19.2 Å². The fourth-order valence-corrected chi connectivity index (χ4v) is 2.06. The molecule has 0 saturated heterocycles. The molecule has 2 aromatic rings. The highest BCUT2D eigenvalue weighted by Gasteiger charge is 2.14. The summed E-state index contributed by atoms with van der Waals surface area (Å²) in [5.74, 6) is -0.664. The van der Waals surface area contributed by atoms with Crippen molar-refractivity contribution in [3.63, 3.8) is 0 Å². The van der Waals surface area contributed by atoms with E-state index in [1.165, 1.54) is 25.3 Å². The summed E-state index contributed by atoms with van der Waals surface area (Å²) >= 11 is 0. The molecule has 1 N–H and O–H groups in total. The fraction of sp³-hybridized carbons (Fsp3) is 0.176. The Labute approximate surface area is 128 Å². The lowest BCUT2D eigenvalue weighted by Gasteiger charge is -2.16. The lowest BCUT2D eigenvalue weighted by molar-refractivity contribution is 0.0827. The van der Waals surface area contributed by atoms with Gasteiger partial charge in [0.2, 0.25) is 0 Å². The molecule has 5 heteroatoms. The largest absolute Gasteiger partial charge is 0.375 e. The number of nitriles is 1. The Morgan fingerprint density at radius 3 is 2.77 bits per heavy atom. The third-order valence-electron chi connectivity index (χ3n) is 3.21. The van der Waals surface area contributed by atoms with Crippen LogP contribution in [0, 0.1) is 17.1 Å². The molecule has 22 heavy (non-hydrogen) atoms. The average Bonchev–Trinajstić information content (AvgIpc) is 2.55. The van der Waals surface area contributed by atoms with Gasteiger partial charge in [-0.05, 0) is 35.9 Å². The Bertz CT molecular complexity index is 710. The van der Waals surface area contributed by atoms with E-state index in [9.17, 15) is 9.18 Å². The molecule has 2 rings (SSSR count). The Balaban J connectivity index is 2.04. The van der Waals surface area contributed by atoms with Crippen molar-refractivity contribution in [2.45, 2.75) is 6.10 Å². The molecule has 0 fully saturated rings. The normalized spacial score (nSPS) is 11.5. The Kier molecular flexibility index (Phi) is 5.23. The average molecular weight is 298 g/mol. The van der Waals surface area contributed by atoms with Crippen LogP contribution < -0.4 is 5.32 Å². The summed E-state index contributed by atoms with van der Waals surface area (Å²) in [4.78, 5) is 12.1. The molecule has 0 radical (unpaired) electrons. The third kappa shape index (κ3) is 3.90. The van der Waals surface area contributed by atoms with E-state index in [0.717, 1.165) is 0 Å². The molecule has 0 saturated carbocycles. The Hall–Kier alpha value is -2.71. The van der Waals surface area contributed by atoms with E-state index in [-0.39, 0.29) is 18.3 Å². The molecule has 1 amide bonds. The number of carbonyl (C=O) groups is 1. The number of halogens is 1. The summed E-state index contributed by atoms with van der Waals surface area (Å²) < 4.78 is 18.5. The van der Waals surface area contributed by atoms with Crippen molar-refractivity contribution in [2.75, 3.05) is 13.7 Å². The van der Waals surface area contributed by atoms with Crippen LogP contribution >= 0.6 is 0 Å². The maximum absolute atomic E-state index is 13.2. The SMILES string of the molecule is COC(CNC(=O)c1cccc(C#N)c1)c1cccc(F)c1. The molecular formula is C17H15FN2O2. The van der Waals surface area contributed by atoms with Gasteiger partial charge in [0.15, 0.2) is 0 Å². The number of nitrogens with one attached hydrogen (secondary N) is 1. The molecule has 2 aromatic carbocycles. The monoisotopic (exact) mass is 298 g/mol. The van der Waals surface area contributed by atoms with Gasteiger partial charge < -0.3 is 10.1 Å². The highest BCUT2D eigenvalue weighted by atomic mass is 19.1. The summed E-state index contributed by atoms with van der Waals surface area (Å²) in [5.41, 5.74) is 1.46. The first kappa shape index (κ1) is 15.7. The molecule has 0 aliphatic heterocycles. The van der Waals surface area contributed by atoms with Crippen LogP contribution in [0.15, 0.2) is 48.5 Å². The van der Waals surface area contributed by atoms with Crippen LogP contribution in [0.3, 0.4) is 0 Å². The van der Waals surface area contributed by atoms with Crippen molar-refractivity contribution in [1.29, 1.82) is 5.26 Å². The third-order valence-corrected chi connectivity index (χ3v) is 3.21. The molecule has 1 unspecified atom stereocenters. The molecule has 0 aliphatic rings. The molecule has 0 aromatic heterocycles. The molecular weight excluding hydrogens is 283 g/mol. The molecule has 0 aliphatic carbocycles. The number of carbonyl (C=O) groups excluding carboxylic acids is 1. The second kappa shape index (κ2) is 7.34. The molecule has 4 nitrogen and oxygen atoms in total. The van der Waals surface area contributed by atoms with Gasteiger partial charge in [-0.25, -0.2) is 4.39 Å². The summed E-state index contributed by atoms with van der Waals surface area (Å²) in [6.07, 6.45) is -0.446. The molecule has 1 atom stereocenters. The van der Waals surface area contributed by atoms with Crippen LogP contribution in [0.25, 0.3) is 0 Å². The van der Waals surface area contributed by atoms with Crippen LogP contribution in [-0.2, 0) is 4.74 Å². The number of methoxy groups -OCH3 is 1. The van der Waals surface area contributed by atoms with E-state index in [1.807, 2.05) is 6.07 Å². The zero-order valence-corrected chi connectivity index (χ0v) is 12.0. The standard InChI is InChI=1S/C17H15FN2O2/c1-22-16(13-5-3-7-15(18)9-13)11-20-17(21)14-6-2-4-12(8-14)10-19/h2-9,16H,11H2,1H3,(H,20,21). The van der Waals surface area contributed by atoms with Gasteiger partial charge in [0.25, 0.3) is 5.91 Å². The quantitative estimate of drug-likeness (QED) is 0.923. The molecule has 0 spiro atoms. The van der Waals surface area contributed by atoms with E-state index in [4.69, 9.17) is 10.00 Å². The van der Waals surface area contributed by atoms with Gasteiger partial charge in [0.05, 0.1) is 17.7 Å². The van der Waals surface area contributed by atoms with Gasteiger partial charge in [0.1, 0.15) is 5.82 Å². The lowest BCUT2D eigenvalue weighted by atomic mass is 10.1. The maximum Gasteiger partial charge on any atom is 0.251 e. The Morgan fingerprint density at radius 2 is 2.09 bits per heavy atom. The lowest BCUT2D eigenvalue weighted by Crippen LogP contribution is -2.29. The first-order valence-electron chi connectivity index (χ1n) is 6.70. The molecule has 0 bridgehead atoms. The number of hydrogen-bond acceptors (Lipinski definition) is 3. The van der Waals surface area contributed by atoms with Gasteiger partial charge in [-0.15, -0.1) is 0 Å².